The Morgan fingerprint density at radius 3 is 2.48 bits per heavy atom. The maximum Gasteiger partial charge on any atom is 0.335 e. The lowest BCUT2D eigenvalue weighted by Gasteiger charge is -2.32. The van der Waals surface area contributed by atoms with E-state index in [1.807, 2.05) is 6.07 Å². The molecule has 1 aromatic heterocycles. The number of halogens is 1. The number of likely N-dealkylation sites (N-methyl/N-ethyl adjacent to an activating group) is 1. The minimum absolute atomic E-state index is 0.107. The molecule has 120 valence electrons. The molecule has 1 aliphatic heterocycles. The lowest BCUT2D eigenvalue weighted by atomic mass is 10.1. The number of nitrogens with zero attached hydrogens (tertiary/aromatic N) is 4. The van der Waals surface area contributed by atoms with Crippen LogP contribution in [0.25, 0.3) is 11.3 Å². The van der Waals surface area contributed by atoms with Crippen LogP contribution >= 0.6 is 0 Å². The normalized spacial score (nSPS) is 15.7. The molecular weight excluding hydrogens is 299 g/mol. The van der Waals surface area contributed by atoms with Crippen LogP contribution in [0.5, 0.6) is 0 Å². The summed E-state index contributed by atoms with van der Waals surface area (Å²) in [5.41, 5.74) is 0.745. The molecule has 7 heteroatoms. The van der Waals surface area contributed by atoms with Crippen molar-refractivity contribution in [3.63, 3.8) is 0 Å². The van der Waals surface area contributed by atoms with Crippen LogP contribution in [0.1, 0.15) is 10.4 Å². The number of carboxylic acids is 1. The van der Waals surface area contributed by atoms with Crippen LogP contribution < -0.4 is 4.90 Å². The molecule has 1 aliphatic rings. The van der Waals surface area contributed by atoms with Gasteiger partial charge in [0.25, 0.3) is 0 Å². The minimum atomic E-state index is -1.17. The molecule has 0 aliphatic carbocycles. The van der Waals surface area contributed by atoms with Crippen LogP contribution in [-0.2, 0) is 0 Å². The Bertz CT molecular complexity index is 713. The van der Waals surface area contributed by atoms with Crippen LogP contribution in [-0.4, -0.2) is 59.4 Å². The van der Waals surface area contributed by atoms with Gasteiger partial charge in [-0.1, -0.05) is 0 Å². The van der Waals surface area contributed by atoms with Gasteiger partial charge in [-0.15, -0.1) is 10.2 Å². The van der Waals surface area contributed by atoms with Crippen molar-refractivity contribution in [3.05, 3.63) is 41.7 Å². The molecule has 1 N–H and O–H groups in total. The Kier molecular flexibility index (Phi) is 4.20. The predicted molar refractivity (Wildman–Crippen MR) is 84.1 cm³/mol. The Balaban J connectivity index is 1.83. The highest BCUT2D eigenvalue weighted by molar-refractivity contribution is 5.89. The summed E-state index contributed by atoms with van der Waals surface area (Å²) in [6, 6.07) is 7.20. The van der Waals surface area contributed by atoms with Crippen molar-refractivity contribution in [1.82, 2.24) is 15.1 Å². The van der Waals surface area contributed by atoms with E-state index in [0.29, 0.717) is 11.3 Å². The Labute approximate surface area is 133 Å². The van der Waals surface area contributed by atoms with Crippen LogP contribution in [0.2, 0.25) is 0 Å². The fourth-order valence-corrected chi connectivity index (χ4v) is 2.54. The molecule has 1 fully saturated rings. The zero-order valence-electron chi connectivity index (χ0n) is 12.7. The average molecular weight is 316 g/mol. The molecule has 0 spiro atoms. The average Bonchev–Trinajstić information content (AvgIpc) is 2.55. The molecule has 2 aromatic rings. The van der Waals surface area contributed by atoms with E-state index in [0.717, 1.165) is 38.1 Å². The largest absolute Gasteiger partial charge is 0.478 e. The summed E-state index contributed by atoms with van der Waals surface area (Å²) >= 11 is 0. The number of piperazine rings is 1. The van der Waals surface area contributed by atoms with Gasteiger partial charge >= 0.3 is 5.97 Å². The minimum Gasteiger partial charge on any atom is -0.478 e. The molecule has 0 amide bonds. The fraction of sp³-hybridized carbons (Fsp3) is 0.312. The van der Waals surface area contributed by atoms with E-state index in [2.05, 4.69) is 27.0 Å². The molecule has 0 bridgehead atoms. The third kappa shape index (κ3) is 3.45. The van der Waals surface area contributed by atoms with E-state index in [-0.39, 0.29) is 5.56 Å². The summed E-state index contributed by atoms with van der Waals surface area (Å²) in [4.78, 5) is 15.4. The SMILES string of the molecule is CN1CCN(c2ccc(-c3cc(F)cc(C(=O)O)c3)nn2)CC1. The number of anilines is 1. The summed E-state index contributed by atoms with van der Waals surface area (Å²) in [5, 5.41) is 17.3. The van der Waals surface area contributed by atoms with Gasteiger partial charge in [-0.25, -0.2) is 9.18 Å². The summed E-state index contributed by atoms with van der Waals surface area (Å²) in [7, 11) is 2.08. The van der Waals surface area contributed by atoms with Gasteiger partial charge in [-0.05, 0) is 37.4 Å². The van der Waals surface area contributed by atoms with Gasteiger partial charge in [0.2, 0.25) is 0 Å². The first kappa shape index (κ1) is 15.4. The van der Waals surface area contributed by atoms with Crippen LogP contribution in [0, 0.1) is 5.82 Å². The van der Waals surface area contributed by atoms with Crippen LogP contribution in [0.15, 0.2) is 30.3 Å². The highest BCUT2D eigenvalue weighted by Crippen LogP contribution is 2.22. The third-order valence-corrected chi connectivity index (χ3v) is 3.92. The third-order valence-electron chi connectivity index (χ3n) is 3.92. The standard InChI is InChI=1S/C16H17FN4O2/c1-20-4-6-21(7-5-20)15-3-2-14(18-19-15)11-8-12(16(22)23)10-13(17)9-11/h2-3,8-10H,4-7H2,1H3,(H,22,23). The van der Waals surface area contributed by atoms with Crippen molar-refractivity contribution in [1.29, 1.82) is 0 Å². The summed E-state index contributed by atoms with van der Waals surface area (Å²) < 4.78 is 13.6. The second-order valence-corrected chi connectivity index (χ2v) is 5.60. The number of carboxylic acid groups (broad SMARTS) is 1. The molecule has 3 rings (SSSR count). The van der Waals surface area contributed by atoms with Crippen molar-refractivity contribution < 1.29 is 14.3 Å². The number of benzene rings is 1. The van der Waals surface area contributed by atoms with E-state index < -0.39 is 11.8 Å². The Morgan fingerprint density at radius 1 is 1.13 bits per heavy atom. The molecule has 0 radical (unpaired) electrons. The first-order valence-electron chi connectivity index (χ1n) is 7.34. The summed E-state index contributed by atoms with van der Waals surface area (Å²) in [5.74, 6) is -1.01. The maximum absolute atomic E-state index is 13.6. The van der Waals surface area contributed by atoms with Gasteiger partial charge in [0.05, 0.1) is 11.3 Å². The lowest BCUT2D eigenvalue weighted by molar-refractivity contribution is 0.0696. The fourth-order valence-electron chi connectivity index (χ4n) is 2.54. The Morgan fingerprint density at radius 2 is 1.87 bits per heavy atom. The number of aromatic carboxylic acids is 1. The molecule has 0 atom stereocenters. The quantitative estimate of drug-likeness (QED) is 0.930. The summed E-state index contributed by atoms with van der Waals surface area (Å²) in [6.45, 7) is 3.70. The molecular formula is C16H17FN4O2. The first-order valence-corrected chi connectivity index (χ1v) is 7.34. The van der Waals surface area contributed by atoms with Gasteiger partial charge in [0.1, 0.15) is 5.82 Å². The van der Waals surface area contributed by atoms with E-state index in [9.17, 15) is 9.18 Å². The monoisotopic (exact) mass is 316 g/mol. The van der Waals surface area contributed by atoms with Crippen LogP contribution in [0.3, 0.4) is 0 Å². The highest BCUT2D eigenvalue weighted by Gasteiger charge is 2.16. The molecule has 23 heavy (non-hydrogen) atoms. The van der Waals surface area contributed by atoms with E-state index in [4.69, 9.17) is 5.11 Å². The number of hydrogen-bond acceptors (Lipinski definition) is 5. The molecule has 0 saturated carbocycles. The van der Waals surface area contributed by atoms with Gasteiger partial charge in [-0.3, -0.25) is 0 Å². The second-order valence-electron chi connectivity index (χ2n) is 5.60. The second kappa shape index (κ2) is 6.29. The molecule has 2 heterocycles. The number of aromatic nitrogens is 2. The van der Waals surface area contributed by atoms with Crippen molar-refractivity contribution in [2.75, 3.05) is 38.1 Å². The number of carbonyl (C=O) groups is 1. The molecule has 0 unspecified atom stereocenters. The van der Waals surface area contributed by atoms with Crippen molar-refractivity contribution in [2.24, 2.45) is 0 Å². The number of rotatable bonds is 3. The van der Waals surface area contributed by atoms with Crippen LogP contribution in [0.4, 0.5) is 10.2 Å². The summed E-state index contributed by atoms with van der Waals surface area (Å²) in [6.07, 6.45) is 0. The zero-order chi connectivity index (χ0) is 16.4. The predicted octanol–water partition coefficient (Wildman–Crippen LogP) is 1.73. The van der Waals surface area contributed by atoms with Crippen molar-refractivity contribution in [3.8, 4) is 11.3 Å². The molecule has 1 aromatic carbocycles. The zero-order valence-corrected chi connectivity index (χ0v) is 12.7. The van der Waals surface area contributed by atoms with E-state index in [1.54, 1.807) is 6.07 Å². The van der Waals surface area contributed by atoms with E-state index >= 15 is 0 Å². The highest BCUT2D eigenvalue weighted by atomic mass is 19.1. The topological polar surface area (TPSA) is 69.6 Å². The Hall–Kier alpha value is -2.54. The first-order chi connectivity index (χ1) is 11.0. The molecule has 6 nitrogen and oxygen atoms in total. The van der Waals surface area contributed by atoms with Gasteiger partial charge in [0.15, 0.2) is 5.82 Å². The smallest absolute Gasteiger partial charge is 0.335 e. The maximum atomic E-state index is 13.6. The van der Waals surface area contributed by atoms with E-state index in [1.165, 1.54) is 12.1 Å². The van der Waals surface area contributed by atoms with Gasteiger partial charge < -0.3 is 14.9 Å². The van der Waals surface area contributed by atoms with Gasteiger partial charge in [-0.2, -0.15) is 0 Å². The van der Waals surface area contributed by atoms with Crippen molar-refractivity contribution in [2.45, 2.75) is 0 Å². The van der Waals surface area contributed by atoms with Gasteiger partial charge in [0, 0.05) is 31.7 Å². The lowest BCUT2D eigenvalue weighted by Crippen LogP contribution is -2.44. The number of hydrogen-bond donors (Lipinski definition) is 1. The van der Waals surface area contributed by atoms with Crippen molar-refractivity contribution >= 4 is 11.8 Å². The molecule has 1 saturated heterocycles.